The molecule has 1 atom stereocenters. The number of sulfonamides is 1. The summed E-state index contributed by atoms with van der Waals surface area (Å²) in [6.07, 6.45) is 2.79. The van der Waals surface area contributed by atoms with Gasteiger partial charge in [0.25, 0.3) is 0 Å². The SMILES string of the molecule is COC(=O)c1c(NC(=S)Nc2cccc(S(=O)(=O)N3CCOCC3)c2)sc2c1CCC(C)C2. The van der Waals surface area contributed by atoms with Crippen molar-refractivity contribution >= 4 is 55.3 Å². The van der Waals surface area contributed by atoms with Crippen molar-refractivity contribution in [2.45, 2.75) is 31.1 Å². The second-order valence-electron chi connectivity index (χ2n) is 8.17. The Morgan fingerprint density at radius 2 is 2.03 bits per heavy atom. The molecule has 2 aromatic rings. The maximum atomic E-state index is 13.0. The number of carbonyl (C=O) groups is 1. The maximum Gasteiger partial charge on any atom is 0.341 e. The summed E-state index contributed by atoms with van der Waals surface area (Å²) in [4.78, 5) is 13.9. The van der Waals surface area contributed by atoms with Crippen LogP contribution in [0.25, 0.3) is 0 Å². The molecule has 1 aromatic carbocycles. The summed E-state index contributed by atoms with van der Waals surface area (Å²) in [6.45, 7) is 3.64. The molecule has 1 aromatic heterocycles. The van der Waals surface area contributed by atoms with Crippen LogP contribution < -0.4 is 10.6 Å². The van der Waals surface area contributed by atoms with E-state index in [0.29, 0.717) is 48.5 Å². The van der Waals surface area contributed by atoms with E-state index in [4.69, 9.17) is 21.7 Å². The first-order valence-electron chi connectivity index (χ1n) is 10.8. The van der Waals surface area contributed by atoms with Gasteiger partial charge in [-0.15, -0.1) is 11.3 Å². The normalized spacial score (nSPS) is 18.9. The number of methoxy groups -OCH3 is 1. The molecule has 1 fully saturated rings. The predicted molar refractivity (Wildman–Crippen MR) is 133 cm³/mol. The average molecular weight is 510 g/mol. The Morgan fingerprint density at radius 1 is 1.27 bits per heavy atom. The van der Waals surface area contributed by atoms with Gasteiger partial charge in [0.05, 0.1) is 30.8 Å². The molecule has 1 aliphatic carbocycles. The molecule has 0 saturated carbocycles. The fraction of sp³-hybridized carbons (Fsp3) is 0.455. The van der Waals surface area contributed by atoms with Crippen LogP contribution in [0.15, 0.2) is 29.2 Å². The van der Waals surface area contributed by atoms with E-state index in [1.807, 2.05) is 0 Å². The third-order valence-corrected chi connectivity index (χ3v) is 9.10. The molecule has 0 amide bonds. The molecule has 178 valence electrons. The molecule has 1 saturated heterocycles. The number of ether oxygens (including phenoxy) is 2. The Balaban J connectivity index is 1.52. The number of thiophene rings is 1. The van der Waals surface area contributed by atoms with E-state index in [1.54, 1.807) is 24.3 Å². The third-order valence-electron chi connectivity index (χ3n) is 5.83. The molecular formula is C22H27N3O5S3. The molecule has 1 unspecified atom stereocenters. The lowest BCUT2D eigenvalue weighted by molar-refractivity contribution is 0.0600. The molecular weight excluding hydrogens is 482 g/mol. The van der Waals surface area contributed by atoms with E-state index in [2.05, 4.69) is 17.6 Å². The Labute approximate surface area is 203 Å². The minimum atomic E-state index is -3.62. The van der Waals surface area contributed by atoms with Gasteiger partial charge < -0.3 is 20.1 Å². The standard InChI is InChI=1S/C22H27N3O5S3/c1-14-6-7-17-18(12-14)32-20(19(17)21(26)29-2)24-22(31)23-15-4-3-5-16(13-15)33(27,28)25-8-10-30-11-9-25/h3-5,13-14H,6-12H2,1-2H3,(H2,23,24,31). The highest BCUT2D eigenvalue weighted by Gasteiger charge is 2.29. The van der Waals surface area contributed by atoms with Crippen LogP contribution in [0, 0.1) is 5.92 Å². The van der Waals surface area contributed by atoms with Gasteiger partial charge in [-0.05, 0) is 61.2 Å². The topological polar surface area (TPSA) is 97.0 Å². The first-order chi connectivity index (χ1) is 15.8. The second-order valence-corrected chi connectivity index (χ2v) is 11.6. The van der Waals surface area contributed by atoms with Crippen LogP contribution in [0.5, 0.6) is 0 Å². The van der Waals surface area contributed by atoms with Crippen molar-refractivity contribution in [3.05, 3.63) is 40.3 Å². The minimum absolute atomic E-state index is 0.188. The Hall–Kier alpha value is -2.05. The highest BCUT2D eigenvalue weighted by atomic mass is 32.2. The number of nitrogens with one attached hydrogen (secondary N) is 2. The van der Waals surface area contributed by atoms with E-state index in [9.17, 15) is 13.2 Å². The van der Waals surface area contributed by atoms with Crippen LogP contribution >= 0.6 is 23.6 Å². The van der Waals surface area contributed by atoms with Gasteiger partial charge in [-0.25, -0.2) is 13.2 Å². The summed E-state index contributed by atoms with van der Waals surface area (Å²) >= 11 is 7.00. The van der Waals surface area contributed by atoms with E-state index in [0.717, 1.165) is 24.8 Å². The minimum Gasteiger partial charge on any atom is -0.465 e. The van der Waals surface area contributed by atoms with Gasteiger partial charge in [0.15, 0.2) is 5.11 Å². The zero-order chi connectivity index (χ0) is 23.6. The third kappa shape index (κ3) is 5.22. The molecule has 4 rings (SSSR count). The van der Waals surface area contributed by atoms with Gasteiger partial charge in [-0.3, -0.25) is 0 Å². The van der Waals surface area contributed by atoms with Crippen molar-refractivity contribution in [2.24, 2.45) is 5.92 Å². The van der Waals surface area contributed by atoms with E-state index >= 15 is 0 Å². The van der Waals surface area contributed by atoms with Crippen LogP contribution in [-0.2, 0) is 32.3 Å². The quantitative estimate of drug-likeness (QED) is 0.467. The van der Waals surface area contributed by atoms with Crippen molar-refractivity contribution in [1.29, 1.82) is 0 Å². The number of nitrogens with zero attached hydrogens (tertiary/aromatic N) is 1. The molecule has 2 heterocycles. The zero-order valence-corrected chi connectivity index (χ0v) is 21.0. The van der Waals surface area contributed by atoms with Crippen LogP contribution in [0.1, 0.15) is 34.1 Å². The van der Waals surface area contributed by atoms with Crippen molar-refractivity contribution in [3.8, 4) is 0 Å². The van der Waals surface area contributed by atoms with Gasteiger partial charge in [0, 0.05) is 23.7 Å². The number of benzene rings is 1. The van der Waals surface area contributed by atoms with Crippen molar-refractivity contribution in [2.75, 3.05) is 44.0 Å². The highest BCUT2D eigenvalue weighted by molar-refractivity contribution is 7.89. The summed E-state index contributed by atoms with van der Waals surface area (Å²) < 4.78 is 37.6. The van der Waals surface area contributed by atoms with E-state index < -0.39 is 10.0 Å². The summed E-state index contributed by atoms with van der Waals surface area (Å²) in [5, 5.41) is 7.10. The zero-order valence-electron chi connectivity index (χ0n) is 18.5. The molecule has 0 radical (unpaired) electrons. The van der Waals surface area contributed by atoms with Gasteiger partial charge in [0.2, 0.25) is 10.0 Å². The van der Waals surface area contributed by atoms with Crippen molar-refractivity contribution in [3.63, 3.8) is 0 Å². The molecule has 2 aliphatic rings. The van der Waals surface area contributed by atoms with Gasteiger partial charge >= 0.3 is 5.97 Å². The average Bonchev–Trinajstić information content (AvgIpc) is 3.15. The first-order valence-corrected chi connectivity index (χ1v) is 13.4. The van der Waals surface area contributed by atoms with Gasteiger partial charge in [-0.1, -0.05) is 13.0 Å². The Morgan fingerprint density at radius 3 is 2.76 bits per heavy atom. The molecule has 0 spiro atoms. The van der Waals surface area contributed by atoms with E-state index in [1.165, 1.54) is 27.6 Å². The molecule has 8 nitrogen and oxygen atoms in total. The number of hydrogen-bond acceptors (Lipinski definition) is 7. The molecule has 0 bridgehead atoms. The number of thiocarbonyl (C=S) groups is 1. The number of fused-ring (bicyclic) bond motifs is 1. The maximum absolute atomic E-state index is 13.0. The lowest BCUT2D eigenvalue weighted by Crippen LogP contribution is -2.40. The monoisotopic (exact) mass is 509 g/mol. The van der Waals surface area contributed by atoms with Crippen molar-refractivity contribution in [1.82, 2.24) is 4.31 Å². The highest BCUT2D eigenvalue weighted by Crippen LogP contribution is 2.40. The van der Waals surface area contributed by atoms with Gasteiger partial charge in [0.1, 0.15) is 5.00 Å². The molecule has 11 heteroatoms. The largest absolute Gasteiger partial charge is 0.465 e. The fourth-order valence-corrected chi connectivity index (χ4v) is 7.23. The Kier molecular flexibility index (Phi) is 7.34. The number of esters is 1. The first kappa shape index (κ1) is 24.1. The van der Waals surface area contributed by atoms with Crippen LogP contribution in [0.2, 0.25) is 0 Å². The lowest BCUT2D eigenvalue weighted by atomic mass is 9.88. The predicted octanol–water partition coefficient (Wildman–Crippen LogP) is 3.49. The number of rotatable bonds is 5. The van der Waals surface area contributed by atoms with Crippen molar-refractivity contribution < 1.29 is 22.7 Å². The molecule has 2 N–H and O–H groups in total. The van der Waals surface area contributed by atoms with Crippen LogP contribution in [-0.4, -0.2) is 57.2 Å². The summed E-state index contributed by atoms with van der Waals surface area (Å²) in [5.74, 6) is 0.182. The molecule has 33 heavy (non-hydrogen) atoms. The Bertz CT molecular complexity index is 1160. The lowest BCUT2D eigenvalue weighted by Gasteiger charge is -2.26. The summed E-state index contributed by atoms with van der Waals surface area (Å²) in [7, 11) is -2.24. The summed E-state index contributed by atoms with van der Waals surface area (Å²) in [5.41, 5.74) is 2.11. The molecule has 1 aliphatic heterocycles. The number of carbonyl (C=O) groups excluding carboxylic acids is 1. The van der Waals surface area contributed by atoms with Gasteiger partial charge in [-0.2, -0.15) is 4.31 Å². The second kappa shape index (κ2) is 10.1. The summed E-state index contributed by atoms with van der Waals surface area (Å²) in [6, 6.07) is 6.54. The number of anilines is 2. The number of morpholine rings is 1. The van der Waals surface area contributed by atoms with E-state index in [-0.39, 0.29) is 16.0 Å². The van der Waals surface area contributed by atoms with Crippen LogP contribution in [0.3, 0.4) is 0 Å². The van der Waals surface area contributed by atoms with Crippen LogP contribution in [0.4, 0.5) is 10.7 Å². The smallest absolute Gasteiger partial charge is 0.341 e. The number of hydrogen-bond donors (Lipinski definition) is 2. The fourth-order valence-electron chi connectivity index (χ4n) is 4.09.